The Hall–Kier alpha value is -3.92. The van der Waals surface area contributed by atoms with E-state index < -0.39 is 0 Å². The maximum absolute atomic E-state index is 4.90. The Morgan fingerprint density at radius 1 is 0.865 bits per heavy atom. The first-order valence-electron chi connectivity index (χ1n) is 13.2. The molecule has 3 aliphatic rings. The highest BCUT2D eigenvalue weighted by Crippen LogP contribution is 2.77. The fraction of sp³-hybridized carbons (Fsp3) is 0.273. The van der Waals surface area contributed by atoms with Gasteiger partial charge in [-0.3, -0.25) is 0 Å². The Kier molecular flexibility index (Phi) is 4.55. The van der Waals surface area contributed by atoms with Gasteiger partial charge in [-0.2, -0.15) is 0 Å². The second-order valence-corrected chi connectivity index (χ2v) is 11.4. The van der Waals surface area contributed by atoms with Gasteiger partial charge in [0, 0.05) is 34.6 Å². The highest BCUT2D eigenvalue weighted by atomic mass is 15.5. The van der Waals surface area contributed by atoms with Gasteiger partial charge < -0.3 is 9.80 Å². The molecule has 1 fully saturated rings. The maximum Gasteiger partial charge on any atom is 0.178 e. The zero-order chi connectivity index (χ0) is 25.5. The van der Waals surface area contributed by atoms with Gasteiger partial charge in [-0.05, 0) is 52.8 Å². The Morgan fingerprint density at radius 3 is 2.27 bits per heavy atom. The van der Waals surface area contributed by atoms with Crippen molar-refractivity contribution in [3.8, 4) is 11.1 Å². The molecule has 37 heavy (non-hydrogen) atoms. The summed E-state index contributed by atoms with van der Waals surface area (Å²) in [7, 11) is 0. The number of hydrogen-bond donors (Lipinski definition) is 0. The summed E-state index contributed by atoms with van der Waals surface area (Å²) in [6.07, 6.45) is 4.68. The van der Waals surface area contributed by atoms with E-state index in [2.05, 4.69) is 117 Å². The van der Waals surface area contributed by atoms with Crippen molar-refractivity contribution in [1.82, 2.24) is 9.97 Å². The number of benzene rings is 3. The van der Waals surface area contributed by atoms with Crippen LogP contribution in [0, 0.1) is 11.3 Å². The zero-order valence-electron chi connectivity index (χ0n) is 21.9. The molecule has 0 bridgehead atoms. The highest BCUT2D eigenvalue weighted by Gasteiger charge is 2.76. The highest BCUT2D eigenvalue weighted by molar-refractivity contribution is 5.92. The first kappa shape index (κ1) is 22.3. The molecule has 3 atom stereocenters. The molecule has 0 saturated heterocycles. The second kappa shape index (κ2) is 7.55. The fourth-order valence-corrected chi connectivity index (χ4v) is 7.03. The number of hydrogen-bond acceptors (Lipinski definition) is 4. The zero-order valence-corrected chi connectivity index (χ0v) is 21.9. The lowest BCUT2D eigenvalue weighted by Crippen LogP contribution is -2.50. The Balaban J connectivity index is 1.47. The maximum atomic E-state index is 4.90. The van der Waals surface area contributed by atoms with E-state index in [1.54, 1.807) is 6.20 Å². The number of anilines is 4. The van der Waals surface area contributed by atoms with Crippen molar-refractivity contribution >= 4 is 23.0 Å². The molecule has 3 heterocycles. The summed E-state index contributed by atoms with van der Waals surface area (Å²) < 4.78 is 0. The molecule has 0 N–H and O–H groups in total. The Bertz CT molecular complexity index is 1560. The van der Waals surface area contributed by atoms with Crippen LogP contribution in [0.2, 0.25) is 0 Å². The molecular formula is C33H32N4. The van der Waals surface area contributed by atoms with E-state index in [-0.39, 0.29) is 17.0 Å². The van der Waals surface area contributed by atoms with E-state index >= 15 is 0 Å². The van der Waals surface area contributed by atoms with Gasteiger partial charge >= 0.3 is 0 Å². The van der Waals surface area contributed by atoms with Crippen LogP contribution in [-0.4, -0.2) is 16.1 Å². The van der Waals surface area contributed by atoms with Gasteiger partial charge in [-0.25, -0.2) is 9.97 Å². The quantitative estimate of drug-likeness (QED) is 0.277. The third kappa shape index (κ3) is 2.79. The van der Waals surface area contributed by atoms with Crippen molar-refractivity contribution in [2.75, 3.05) is 9.80 Å². The smallest absolute Gasteiger partial charge is 0.178 e. The number of nitrogens with zero attached hydrogens (tertiary/aromatic N) is 4. The molecular weight excluding hydrogens is 452 g/mol. The Morgan fingerprint density at radius 2 is 1.54 bits per heavy atom. The summed E-state index contributed by atoms with van der Waals surface area (Å²) in [5, 5.41) is 0. The number of aromatic nitrogens is 2. The fourth-order valence-electron chi connectivity index (χ4n) is 7.03. The minimum atomic E-state index is -0.144. The number of rotatable bonds is 4. The minimum Gasteiger partial charge on any atom is -0.301 e. The van der Waals surface area contributed by atoms with Crippen molar-refractivity contribution < 1.29 is 0 Å². The molecule has 1 aromatic heterocycles. The molecule has 4 aromatic rings. The second-order valence-electron chi connectivity index (χ2n) is 11.4. The topological polar surface area (TPSA) is 32.3 Å². The summed E-state index contributed by atoms with van der Waals surface area (Å²) in [6, 6.07) is 26.4. The molecule has 4 nitrogen and oxygen atoms in total. The summed E-state index contributed by atoms with van der Waals surface area (Å²) in [5.41, 5.74) is 8.62. The van der Waals surface area contributed by atoms with E-state index in [1.165, 1.54) is 33.5 Å². The van der Waals surface area contributed by atoms with Gasteiger partial charge in [-0.1, -0.05) is 94.4 Å². The summed E-state index contributed by atoms with van der Waals surface area (Å²) in [5.74, 6) is 2.41. The molecule has 3 unspecified atom stereocenters. The monoisotopic (exact) mass is 484 g/mol. The first-order chi connectivity index (χ1) is 17.9. The van der Waals surface area contributed by atoms with Crippen molar-refractivity contribution in [2.45, 2.75) is 45.7 Å². The van der Waals surface area contributed by atoms with Crippen LogP contribution in [0.1, 0.15) is 38.8 Å². The largest absolute Gasteiger partial charge is 0.301 e. The van der Waals surface area contributed by atoms with Crippen LogP contribution in [0.15, 0.2) is 97.3 Å². The standard InChI is InChI=1S/C33H32N4/c1-21(2)19-23-11-9-10-14-26(23)24-15-16-27-28(20-24)37-30-29(34-17-18-35-30)36(25-12-7-6-8-13-25)31(37)33(5)22(3)32(27,33)4/h6-18,20-21,31H,3,19H2,1-2,4-5H3. The van der Waals surface area contributed by atoms with Crippen molar-refractivity contribution in [3.63, 3.8) is 0 Å². The van der Waals surface area contributed by atoms with Gasteiger partial charge in [0.15, 0.2) is 11.6 Å². The van der Waals surface area contributed by atoms with Crippen molar-refractivity contribution in [3.05, 3.63) is 108 Å². The van der Waals surface area contributed by atoms with Crippen LogP contribution >= 0.6 is 0 Å². The van der Waals surface area contributed by atoms with Crippen LogP contribution in [-0.2, 0) is 11.8 Å². The van der Waals surface area contributed by atoms with Crippen LogP contribution in [0.5, 0.6) is 0 Å². The van der Waals surface area contributed by atoms with E-state index in [9.17, 15) is 0 Å². The lowest BCUT2D eigenvalue weighted by Gasteiger charge is -2.43. The van der Waals surface area contributed by atoms with Crippen LogP contribution < -0.4 is 9.80 Å². The molecule has 4 heteroatoms. The van der Waals surface area contributed by atoms with Gasteiger partial charge in [0.2, 0.25) is 0 Å². The predicted molar refractivity (Wildman–Crippen MR) is 152 cm³/mol. The molecule has 3 aromatic carbocycles. The van der Waals surface area contributed by atoms with Crippen LogP contribution in [0.25, 0.3) is 11.1 Å². The minimum absolute atomic E-state index is 0.0125. The summed E-state index contributed by atoms with van der Waals surface area (Å²) >= 11 is 0. The normalized spacial score (nSPS) is 25.0. The molecule has 2 aliphatic heterocycles. The van der Waals surface area contributed by atoms with Gasteiger partial charge in [0.1, 0.15) is 6.17 Å². The molecule has 1 saturated carbocycles. The molecule has 1 aliphatic carbocycles. The van der Waals surface area contributed by atoms with Crippen LogP contribution in [0.3, 0.4) is 0 Å². The Labute approximate surface area is 219 Å². The van der Waals surface area contributed by atoms with Gasteiger partial charge in [-0.15, -0.1) is 0 Å². The molecule has 0 radical (unpaired) electrons. The molecule has 0 spiro atoms. The van der Waals surface area contributed by atoms with Crippen molar-refractivity contribution in [2.24, 2.45) is 11.3 Å². The summed E-state index contributed by atoms with van der Waals surface area (Å²) in [6.45, 7) is 13.9. The van der Waals surface area contributed by atoms with Gasteiger partial charge in [0.05, 0.1) is 0 Å². The van der Waals surface area contributed by atoms with Crippen molar-refractivity contribution in [1.29, 1.82) is 0 Å². The first-order valence-corrected chi connectivity index (χ1v) is 13.2. The average molecular weight is 485 g/mol. The van der Waals surface area contributed by atoms with Crippen LogP contribution in [0.4, 0.5) is 23.0 Å². The third-order valence-electron chi connectivity index (χ3n) is 9.12. The number of para-hydroxylation sites is 1. The van der Waals surface area contributed by atoms with E-state index in [1.807, 2.05) is 6.20 Å². The predicted octanol–water partition coefficient (Wildman–Crippen LogP) is 7.81. The SMILES string of the molecule is C=C1C2(C)c3ccc(-c4ccccc4CC(C)C)cc3N3c4nccnc4N(c4ccccc4)C3C12C. The van der Waals surface area contributed by atoms with E-state index in [0.29, 0.717) is 5.92 Å². The van der Waals surface area contributed by atoms with Gasteiger partial charge in [0.25, 0.3) is 0 Å². The number of fused-ring (bicyclic) bond motifs is 8. The summed E-state index contributed by atoms with van der Waals surface area (Å²) in [4.78, 5) is 14.6. The molecule has 7 rings (SSSR count). The average Bonchev–Trinajstić information content (AvgIpc) is 3.20. The third-order valence-corrected chi connectivity index (χ3v) is 9.12. The molecule has 0 amide bonds. The lowest BCUT2D eigenvalue weighted by atomic mass is 9.80. The lowest BCUT2D eigenvalue weighted by molar-refractivity contribution is 0.376. The van der Waals surface area contributed by atoms with E-state index in [0.717, 1.165) is 23.7 Å². The molecule has 184 valence electrons. The van der Waals surface area contributed by atoms with E-state index in [4.69, 9.17) is 9.97 Å².